The first-order valence-corrected chi connectivity index (χ1v) is 9.49. The number of rotatable bonds is 7. The molecule has 0 bridgehead atoms. The van der Waals surface area contributed by atoms with E-state index in [1.165, 1.54) is 11.1 Å². The van der Waals surface area contributed by atoms with E-state index in [0.29, 0.717) is 6.61 Å². The third-order valence-corrected chi connectivity index (χ3v) is 5.21. The normalized spacial score (nSPS) is 10.6. The van der Waals surface area contributed by atoms with Crippen LogP contribution >= 0.6 is 23.1 Å². The quantitative estimate of drug-likeness (QED) is 0.472. The second-order valence-corrected chi connectivity index (χ2v) is 7.70. The van der Waals surface area contributed by atoms with E-state index < -0.39 is 0 Å². The van der Waals surface area contributed by atoms with Gasteiger partial charge < -0.3 is 10.1 Å². The van der Waals surface area contributed by atoms with Crippen molar-refractivity contribution in [2.75, 3.05) is 17.7 Å². The van der Waals surface area contributed by atoms with Crippen molar-refractivity contribution in [2.45, 2.75) is 18.2 Å². The van der Waals surface area contributed by atoms with Crippen molar-refractivity contribution < 1.29 is 4.74 Å². The first-order chi connectivity index (χ1) is 11.7. The summed E-state index contributed by atoms with van der Waals surface area (Å²) in [4.78, 5) is 0. The summed E-state index contributed by atoms with van der Waals surface area (Å²) >= 11 is 3.21. The Kier molecular flexibility index (Phi) is 5.72. The van der Waals surface area contributed by atoms with Crippen LogP contribution in [0.3, 0.4) is 0 Å². The molecule has 1 heterocycles. The molecule has 1 aromatic heterocycles. The Morgan fingerprint density at radius 2 is 1.88 bits per heavy atom. The fraction of sp³-hybridized carbons (Fsp3) is 0.222. The van der Waals surface area contributed by atoms with Gasteiger partial charge in [-0.15, -0.1) is 10.2 Å². The molecule has 1 N–H and O–H groups in total. The van der Waals surface area contributed by atoms with Crippen LogP contribution in [-0.2, 0) is 0 Å². The Labute approximate surface area is 150 Å². The monoisotopic (exact) mass is 357 g/mol. The Hall–Kier alpha value is -2.05. The Morgan fingerprint density at radius 1 is 1.04 bits per heavy atom. The summed E-state index contributed by atoms with van der Waals surface area (Å²) < 4.78 is 6.66. The number of hydrogen-bond donors (Lipinski definition) is 1. The van der Waals surface area contributed by atoms with Crippen molar-refractivity contribution in [1.82, 2.24) is 10.2 Å². The second-order valence-electron chi connectivity index (χ2n) is 5.38. The number of thioether (sulfide) groups is 1. The Balaban J connectivity index is 1.45. The van der Waals surface area contributed by atoms with E-state index in [4.69, 9.17) is 4.74 Å². The highest BCUT2D eigenvalue weighted by molar-refractivity contribution is 8.01. The van der Waals surface area contributed by atoms with Gasteiger partial charge in [0.1, 0.15) is 5.75 Å². The van der Waals surface area contributed by atoms with Crippen molar-refractivity contribution in [3.63, 3.8) is 0 Å². The van der Waals surface area contributed by atoms with E-state index in [0.717, 1.165) is 26.7 Å². The maximum Gasteiger partial charge on any atom is 0.210 e. The predicted molar refractivity (Wildman–Crippen MR) is 102 cm³/mol. The Morgan fingerprint density at radius 3 is 2.67 bits per heavy atom. The summed E-state index contributed by atoms with van der Waals surface area (Å²) in [6.45, 7) is 4.78. The van der Waals surface area contributed by atoms with Gasteiger partial charge in [-0.1, -0.05) is 52.9 Å². The van der Waals surface area contributed by atoms with Crippen LogP contribution < -0.4 is 10.1 Å². The standard InChI is InChI=1S/C18H19N3OS2/c1-13-6-8-16(9-7-13)22-10-11-23-18-21-20-17(24-18)19-15-5-3-4-14(2)12-15/h3-9,12H,10-11H2,1-2H3,(H,19,20). The van der Waals surface area contributed by atoms with Gasteiger partial charge in [0, 0.05) is 11.4 Å². The molecule has 0 saturated carbocycles. The average Bonchev–Trinajstić information content (AvgIpc) is 3.01. The number of benzene rings is 2. The molecule has 6 heteroatoms. The van der Waals surface area contributed by atoms with Crippen LogP contribution in [0.1, 0.15) is 11.1 Å². The molecule has 0 amide bonds. The molecule has 0 fully saturated rings. The Bertz CT molecular complexity index is 787. The highest BCUT2D eigenvalue weighted by Gasteiger charge is 2.05. The molecule has 0 aliphatic heterocycles. The summed E-state index contributed by atoms with van der Waals surface area (Å²) in [7, 11) is 0. The molecule has 0 aliphatic carbocycles. The molecule has 24 heavy (non-hydrogen) atoms. The summed E-state index contributed by atoms with van der Waals surface area (Å²) in [6, 6.07) is 16.3. The molecule has 3 aromatic rings. The van der Waals surface area contributed by atoms with Crippen LogP contribution in [0, 0.1) is 13.8 Å². The molecule has 0 spiro atoms. The average molecular weight is 358 g/mol. The number of nitrogens with one attached hydrogen (secondary N) is 1. The fourth-order valence-corrected chi connectivity index (χ4v) is 3.75. The number of anilines is 2. The van der Waals surface area contributed by atoms with Gasteiger partial charge in [-0.05, 0) is 43.7 Å². The summed E-state index contributed by atoms with van der Waals surface area (Å²) in [5, 5.41) is 12.5. The zero-order valence-corrected chi connectivity index (χ0v) is 15.3. The fourth-order valence-electron chi connectivity index (χ4n) is 2.09. The van der Waals surface area contributed by atoms with Crippen LogP contribution in [-0.4, -0.2) is 22.6 Å². The first kappa shape index (κ1) is 16.8. The topological polar surface area (TPSA) is 47.0 Å². The number of aromatic nitrogens is 2. The van der Waals surface area contributed by atoms with Crippen molar-refractivity contribution in [3.05, 3.63) is 59.7 Å². The second kappa shape index (κ2) is 8.17. The molecule has 3 rings (SSSR count). The van der Waals surface area contributed by atoms with Gasteiger partial charge in [-0.25, -0.2) is 0 Å². The third-order valence-electron chi connectivity index (χ3n) is 3.27. The molecule has 0 saturated heterocycles. The van der Waals surface area contributed by atoms with E-state index >= 15 is 0 Å². The lowest BCUT2D eigenvalue weighted by Crippen LogP contribution is -1.99. The third kappa shape index (κ3) is 4.97. The minimum atomic E-state index is 0.647. The molecular formula is C18H19N3OS2. The van der Waals surface area contributed by atoms with Crippen LogP contribution in [0.25, 0.3) is 0 Å². The molecule has 124 valence electrons. The molecular weight excluding hydrogens is 338 g/mol. The first-order valence-electron chi connectivity index (χ1n) is 7.68. The zero-order chi connectivity index (χ0) is 16.8. The van der Waals surface area contributed by atoms with Gasteiger partial charge in [0.2, 0.25) is 5.13 Å². The van der Waals surface area contributed by atoms with Crippen molar-refractivity contribution in [2.24, 2.45) is 0 Å². The van der Waals surface area contributed by atoms with E-state index in [1.807, 2.05) is 24.3 Å². The van der Waals surface area contributed by atoms with E-state index in [-0.39, 0.29) is 0 Å². The minimum absolute atomic E-state index is 0.647. The number of nitrogens with zero attached hydrogens (tertiary/aromatic N) is 2. The van der Waals surface area contributed by atoms with Gasteiger partial charge >= 0.3 is 0 Å². The zero-order valence-electron chi connectivity index (χ0n) is 13.7. The maximum atomic E-state index is 5.72. The van der Waals surface area contributed by atoms with Crippen LogP contribution in [0.4, 0.5) is 10.8 Å². The molecule has 4 nitrogen and oxygen atoms in total. The molecule has 0 aliphatic rings. The molecule has 0 atom stereocenters. The van der Waals surface area contributed by atoms with Crippen molar-refractivity contribution in [1.29, 1.82) is 0 Å². The van der Waals surface area contributed by atoms with E-state index in [1.54, 1.807) is 23.1 Å². The highest BCUT2D eigenvalue weighted by Crippen LogP contribution is 2.27. The van der Waals surface area contributed by atoms with Gasteiger partial charge in [-0.3, -0.25) is 0 Å². The van der Waals surface area contributed by atoms with Gasteiger partial charge in [0.25, 0.3) is 0 Å². The molecule has 2 aromatic carbocycles. The smallest absolute Gasteiger partial charge is 0.210 e. The molecule has 0 unspecified atom stereocenters. The number of aryl methyl sites for hydroxylation is 2. The molecule has 0 radical (unpaired) electrons. The minimum Gasteiger partial charge on any atom is -0.493 e. The van der Waals surface area contributed by atoms with E-state index in [2.05, 4.69) is 53.6 Å². The van der Waals surface area contributed by atoms with Crippen LogP contribution in [0.2, 0.25) is 0 Å². The van der Waals surface area contributed by atoms with Crippen molar-refractivity contribution in [3.8, 4) is 5.75 Å². The lowest BCUT2D eigenvalue weighted by atomic mass is 10.2. The maximum absolute atomic E-state index is 5.72. The van der Waals surface area contributed by atoms with Crippen LogP contribution in [0.15, 0.2) is 52.9 Å². The van der Waals surface area contributed by atoms with Gasteiger partial charge in [0.05, 0.1) is 6.61 Å². The summed E-state index contributed by atoms with van der Waals surface area (Å²) in [5.41, 5.74) is 3.48. The summed E-state index contributed by atoms with van der Waals surface area (Å²) in [5.74, 6) is 1.74. The SMILES string of the molecule is Cc1ccc(OCCSc2nnc(Nc3cccc(C)c3)s2)cc1. The van der Waals surface area contributed by atoms with E-state index in [9.17, 15) is 0 Å². The van der Waals surface area contributed by atoms with Crippen LogP contribution in [0.5, 0.6) is 5.75 Å². The predicted octanol–water partition coefficient (Wildman–Crippen LogP) is 5.07. The van der Waals surface area contributed by atoms with Gasteiger partial charge in [0.15, 0.2) is 4.34 Å². The largest absolute Gasteiger partial charge is 0.493 e. The summed E-state index contributed by atoms with van der Waals surface area (Å²) in [6.07, 6.45) is 0. The lowest BCUT2D eigenvalue weighted by molar-refractivity contribution is 0.344. The lowest BCUT2D eigenvalue weighted by Gasteiger charge is -2.05. The number of hydrogen-bond acceptors (Lipinski definition) is 6. The highest BCUT2D eigenvalue weighted by atomic mass is 32.2. The number of ether oxygens (including phenoxy) is 1. The van der Waals surface area contributed by atoms with Gasteiger partial charge in [-0.2, -0.15) is 0 Å². The van der Waals surface area contributed by atoms with Crippen molar-refractivity contribution >= 4 is 33.9 Å².